The first-order valence-corrected chi connectivity index (χ1v) is 14.1. The van der Waals surface area contributed by atoms with Crippen LogP contribution in [0.1, 0.15) is 56.0 Å². The van der Waals surface area contributed by atoms with Crippen LogP contribution in [0.15, 0.2) is 48.7 Å². The molecule has 2 atom stereocenters. The Morgan fingerprint density at radius 3 is 2.54 bits per heavy atom. The molecule has 11 heteroatoms. The second-order valence-corrected chi connectivity index (χ2v) is 10.3. The number of hydrogen-bond acceptors (Lipinski definition) is 7. The van der Waals surface area contributed by atoms with Crippen LogP contribution in [0.5, 0.6) is 0 Å². The molecule has 3 amide bonds. The van der Waals surface area contributed by atoms with Gasteiger partial charge >= 0.3 is 6.03 Å². The van der Waals surface area contributed by atoms with Crippen molar-refractivity contribution in [1.82, 2.24) is 25.5 Å². The van der Waals surface area contributed by atoms with Crippen molar-refractivity contribution in [2.45, 2.75) is 58.7 Å². The lowest BCUT2D eigenvalue weighted by molar-refractivity contribution is 0.0889. The monoisotopic (exact) mass is 562 g/mol. The number of nitrogens with two attached hydrogens (primary N) is 1. The van der Waals surface area contributed by atoms with Crippen molar-refractivity contribution < 1.29 is 14.0 Å². The molecule has 1 aliphatic heterocycles. The third-order valence-corrected chi connectivity index (χ3v) is 7.33. The maximum Gasteiger partial charge on any atom is 0.319 e. The summed E-state index contributed by atoms with van der Waals surface area (Å²) in [5, 5.41) is 11.4. The lowest BCUT2D eigenvalue weighted by Crippen LogP contribution is -2.47. The molecule has 0 radical (unpaired) electrons. The van der Waals surface area contributed by atoms with Crippen molar-refractivity contribution in [3.8, 4) is 11.3 Å². The van der Waals surface area contributed by atoms with E-state index >= 15 is 0 Å². The SMILES string of the molecule is CCNc1nc(-c2ccc(NC(=O)NCc3ccc(N)nc3)c(F)c2)ccc1C(=O)NCCN1C(C)CCCC1C. The van der Waals surface area contributed by atoms with Gasteiger partial charge in [0.25, 0.3) is 5.91 Å². The Morgan fingerprint density at radius 1 is 1.07 bits per heavy atom. The van der Waals surface area contributed by atoms with Crippen LogP contribution >= 0.6 is 0 Å². The predicted molar refractivity (Wildman–Crippen MR) is 160 cm³/mol. The number of nitrogen functional groups attached to an aromatic ring is 1. The van der Waals surface area contributed by atoms with Gasteiger partial charge in [-0.15, -0.1) is 0 Å². The number of piperidine rings is 1. The van der Waals surface area contributed by atoms with E-state index < -0.39 is 11.8 Å². The van der Waals surface area contributed by atoms with E-state index in [1.807, 2.05) is 6.92 Å². The normalized spacial score (nSPS) is 17.1. The summed E-state index contributed by atoms with van der Waals surface area (Å²) in [6.07, 6.45) is 5.17. The molecule has 41 heavy (non-hydrogen) atoms. The van der Waals surface area contributed by atoms with Crippen molar-refractivity contribution >= 4 is 29.3 Å². The molecule has 1 aliphatic rings. The minimum absolute atomic E-state index is 0.0296. The Hall–Kier alpha value is -4.25. The van der Waals surface area contributed by atoms with Crippen LogP contribution in [0.2, 0.25) is 0 Å². The zero-order valence-corrected chi connectivity index (χ0v) is 23.8. The Labute approximate surface area is 240 Å². The number of aromatic nitrogens is 2. The summed E-state index contributed by atoms with van der Waals surface area (Å²) in [7, 11) is 0. The van der Waals surface area contributed by atoms with Gasteiger partial charge in [0.2, 0.25) is 0 Å². The van der Waals surface area contributed by atoms with Crippen LogP contribution in [0, 0.1) is 5.82 Å². The van der Waals surface area contributed by atoms with Gasteiger partial charge in [-0.3, -0.25) is 9.69 Å². The van der Waals surface area contributed by atoms with Crippen molar-refractivity contribution in [3.05, 3.63) is 65.6 Å². The maximum atomic E-state index is 14.9. The van der Waals surface area contributed by atoms with Gasteiger partial charge in [-0.2, -0.15) is 0 Å². The highest BCUT2D eigenvalue weighted by molar-refractivity contribution is 5.99. The second kappa shape index (κ2) is 13.9. The lowest BCUT2D eigenvalue weighted by Gasteiger charge is -2.39. The first-order chi connectivity index (χ1) is 19.7. The first kappa shape index (κ1) is 29.7. The molecule has 2 aromatic heterocycles. The minimum atomic E-state index is -0.610. The van der Waals surface area contributed by atoms with E-state index in [-0.39, 0.29) is 18.1 Å². The molecule has 10 nitrogen and oxygen atoms in total. The Morgan fingerprint density at radius 2 is 1.85 bits per heavy atom. The van der Waals surface area contributed by atoms with Crippen molar-refractivity contribution in [2.24, 2.45) is 0 Å². The number of anilines is 3. The van der Waals surface area contributed by atoms with E-state index in [9.17, 15) is 14.0 Å². The molecule has 1 saturated heterocycles. The van der Waals surface area contributed by atoms with Gasteiger partial charge < -0.3 is 27.0 Å². The third kappa shape index (κ3) is 7.91. The molecule has 0 saturated carbocycles. The number of halogens is 1. The molecule has 1 aromatic carbocycles. The van der Waals surface area contributed by atoms with Crippen LogP contribution in [0.4, 0.5) is 26.5 Å². The first-order valence-electron chi connectivity index (χ1n) is 14.1. The van der Waals surface area contributed by atoms with Gasteiger partial charge in [0.1, 0.15) is 17.5 Å². The van der Waals surface area contributed by atoms with E-state index in [1.54, 1.807) is 36.5 Å². The van der Waals surface area contributed by atoms with Crippen molar-refractivity contribution in [2.75, 3.05) is 36.0 Å². The summed E-state index contributed by atoms with van der Waals surface area (Å²) in [4.78, 5) is 36.3. The molecular formula is C30H39FN8O2. The number of nitrogens with one attached hydrogen (secondary N) is 4. The Kier molecular flexibility index (Phi) is 10.1. The molecule has 1 fully saturated rings. The minimum Gasteiger partial charge on any atom is -0.384 e. The number of rotatable bonds is 10. The van der Waals surface area contributed by atoms with E-state index in [4.69, 9.17) is 5.73 Å². The summed E-state index contributed by atoms with van der Waals surface area (Å²) in [6.45, 7) is 8.53. The highest BCUT2D eigenvalue weighted by Crippen LogP contribution is 2.26. The summed E-state index contributed by atoms with van der Waals surface area (Å²) >= 11 is 0. The van der Waals surface area contributed by atoms with Crippen LogP contribution in [0.25, 0.3) is 11.3 Å². The van der Waals surface area contributed by atoms with Crippen LogP contribution in [-0.4, -0.2) is 58.5 Å². The van der Waals surface area contributed by atoms with Gasteiger partial charge in [0.05, 0.1) is 16.9 Å². The fourth-order valence-electron chi connectivity index (χ4n) is 5.08. The van der Waals surface area contributed by atoms with Gasteiger partial charge in [-0.1, -0.05) is 18.6 Å². The standard InChI is InChI=1S/C30H39FN8O2/c1-4-33-28-23(29(40)34-14-15-39-19(2)6-5-7-20(39)3)10-12-25(37-28)22-9-11-26(24(31)16-22)38-30(41)36-18-21-8-13-27(32)35-17-21/h8-13,16-17,19-20H,4-7,14-15,18H2,1-3H3,(H2,32,35)(H,33,37)(H,34,40)(H2,36,38,41). The number of nitrogens with zero attached hydrogens (tertiary/aromatic N) is 3. The fraction of sp³-hybridized carbons (Fsp3) is 0.400. The van der Waals surface area contributed by atoms with Gasteiger partial charge in [-0.25, -0.2) is 19.2 Å². The predicted octanol–water partition coefficient (Wildman–Crippen LogP) is 4.61. The smallest absolute Gasteiger partial charge is 0.319 e. The molecule has 6 N–H and O–H groups in total. The van der Waals surface area contributed by atoms with Gasteiger partial charge in [-0.05, 0) is 69.5 Å². The van der Waals surface area contributed by atoms with Gasteiger partial charge in [0.15, 0.2) is 0 Å². The van der Waals surface area contributed by atoms with Crippen molar-refractivity contribution in [1.29, 1.82) is 0 Å². The molecule has 0 spiro atoms. The third-order valence-electron chi connectivity index (χ3n) is 7.33. The fourth-order valence-corrected chi connectivity index (χ4v) is 5.08. The highest BCUT2D eigenvalue weighted by Gasteiger charge is 2.24. The largest absolute Gasteiger partial charge is 0.384 e. The molecule has 0 bridgehead atoms. The molecule has 4 rings (SSSR count). The lowest BCUT2D eigenvalue weighted by atomic mass is 9.98. The molecular weight excluding hydrogens is 523 g/mol. The summed E-state index contributed by atoms with van der Waals surface area (Å²) in [5.74, 6) is 0.00437. The zero-order valence-electron chi connectivity index (χ0n) is 23.8. The number of pyridine rings is 2. The molecule has 0 aliphatic carbocycles. The van der Waals surface area contributed by atoms with E-state index in [0.717, 1.165) is 12.1 Å². The molecule has 3 heterocycles. The topological polar surface area (TPSA) is 137 Å². The van der Waals surface area contributed by atoms with Crippen molar-refractivity contribution in [3.63, 3.8) is 0 Å². The van der Waals surface area contributed by atoms with E-state index in [2.05, 4.69) is 50.0 Å². The number of urea groups is 1. The summed E-state index contributed by atoms with van der Waals surface area (Å²) < 4.78 is 14.9. The average Bonchev–Trinajstić information content (AvgIpc) is 2.95. The number of carbonyl (C=O) groups excluding carboxylic acids is 2. The zero-order chi connectivity index (χ0) is 29.4. The number of likely N-dealkylation sites (tertiary alicyclic amines) is 1. The van der Waals surface area contributed by atoms with Gasteiger partial charge in [0, 0.05) is 50.0 Å². The highest BCUT2D eigenvalue weighted by atomic mass is 19.1. The molecule has 2 unspecified atom stereocenters. The maximum absolute atomic E-state index is 14.9. The molecule has 3 aromatic rings. The number of amides is 3. The summed E-state index contributed by atoms with van der Waals surface area (Å²) in [6, 6.07) is 11.7. The number of carbonyl (C=O) groups is 2. The Balaban J connectivity index is 1.38. The van der Waals surface area contributed by atoms with E-state index in [1.165, 1.54) is 31.4 Å². The second-order valence-electron chi connectivity index (χ2n) is 10.3. The van der Waals surface area contributed by atoms with Crippen LogP contribution in [-0.2, 0) is 6.54 Å². The van der Waals surface area contributed by atoms with Crippen LogP contribution in [0.3, 0.4) is 0 Å². The average molecular weight is 563 g/mol. The van der Waals surface area contributed by atoms with E-state index in [0.29, 0.717) is 53.6 Å². The summed E-state index contributed by atoms with van der Waals surface area (Å²) in [5.41, 5.74) is 7.80. The van der Waals surface area contributed by atoms with Crippen LogP contribution < -0.4 is 27.0 Å². The Bertz CT molecular complexity index is 1340. The molecule has 218 valence electrons. The quantitative estimate of drug-likeness (QED) is 0.243. The number of hydrogen-bond donors (Lipinski definition) is 5. The number of benzene rings is 1.